The Labute approximate surface area is 143 Å². The molecular weight excluding hydrogens is 392 g/mol. The maximum absolute atomic E-state index is 6.18. The maximum atomic E-state index is 6.18. The van der Waals surface area contributed by atoms with E-state index in [0.717, 1.165) is 22.2 Å². The maximum Gasteiger partial charge on any atom is 0.137 e. The van der Waals surface area contributed by atoms with E-state index in [1.54, 1.807) is 0 Å². The van der Waals surface area contributed by atoms with Crippen LogP contribution in [-0.4, -0.2) is 6.61 Å². The monoisotopic (exact) mass is 408 g/mol. The molecule has 3 rings (SSSR count). The van der Waals surface area contributed by atoms with Gasteiger partial charge in [-0.05, 0) is 52.4 Å². The minimum atomic E-state index is 0.505. The molecule has 0 radical (unpaired) electrons. The molecule has 1 aliphatic carbocycles. The molecule has 0 spiro atoms. The van der Waals surface area contributed by atoms with Gasteiger partial charge in [0, 0.05) is 16.8 Å². The van der Waals surface area contributed by atoms with E-state index in [-0.39, 0.29) is 0 Å². The summed E-state index contributed by atoms with van der Waals surface area (Å²) in [5.41, 5.74) is 4.15. The third-order valence-electron chi connectivity index (χ3n) is 4.11. The van der Waals surface area contributed by atoms with E-state index >= 15 is 0 Å². The second-order valence-electron chi connectivity index (χ2n) is 5.46. The van der Waals surface area contributed by atoms with Crippen molar-refractivity contribution in [3.8, 4) is 5.75 Å². The predicted molar refractivity (Wildman–Crippen MR) is 94.4 cm³/mol. The number of alkyl halides is 1. The minimum absolute atomic E-state index is 0.505. The second-order valence-corrected chi connectivity index (χ2v) is 6.88. The standard InChI is InChI=1S/C18H18Br2O/c19-11-14-7-4-10-17(20)18(14)21-12-15-8-3-6-13-5-1-2-9-16(13)15/h1-2,4-5,7,9-10,15H,3,6,8,11-12H2. The van der Waals surface area contributed by atoms with Crippen molar-refractivity contribution in [3.05, 3.63) is 63.6 Å². The zero-order valence-electron chi connectivity index (χ0n) is 11.8. The first-order valence-electron chi connectivity index (χ1n) is 7.33. The van der Waals surface area contributed by atoms with Gasteiger partial charge in [-0.15, -0.1) is 0 Å². The fourth-order valence-electron chi connectivity index (χ4n) is 3.03. The average Bonchev–Trinajstić information content (AvgIpc) is 2.53. The second kappa shape index (κ2) is 6.97. The molecule has 0 fully saturated rings. The van der Waals surface area contributed by atoms with Crippen LogP contribution in [0.25, 0.3) is 0 Å². The molecule has 2 aromatic carbocycles. The van der Waals surface area contributed by atoms with E-state index in [0.29, 0.717) is 5.92 Å². The molecule has 1 unspecified atom stereocenters. The van der Waals surface area contributed by atoms with Crippen molar-refractivity contribution in [1.29, 1.82) is 0 Å². The first-order chi connectivity index (χ1) is 10.3. The average molecular weight is 410 g/mol. The highest BCUT2D eigenvalue weighted by molar-refractivity contribution is 9.10. The highest BCUT2D eigenvalue weighted by atomic mass is 79.9. The summed E-state index contributed by atoms with van der Waals surface area (Å²) in [4.78, 5) is 0. The number of rotatable bonds is 4. The van der Waals surface area contributed by atoms with Gasteiger partial charge in [0.1, 0.15) is 5.75 Å². The Morgan fingerprint density at radius 1 is 1.10 bits per heavy atom. The SMILES string of the molecule is BrCc1cccc(Br)c1OCC1CCCc2ccccc21. The molecule has 3 heteroatoms. The number of fused-ring (bicyclic) bond motifs is 1. The molecule has 0 aliphatic heterocycles. The lowest BCUT2D eigenvalue weighted by Gasteiger charge is -2.26. The van der Waals surface area contributed by atoms with Gasteiger partial charge >= 0.3 is 0 Å². The van der Waals surface area contributed by atoms with Crippen molar-refractivity contribution in [1.82, 2.24) is 0 Å². The van der Waals surface area contributed by atoms with Gasteiger partial charge in [-0.25, -0.2) is 0 Å². The van der Waals surface area contributed by atoms with Gasteiger partial charge in [0.2, 0.25) is 0 Å². The fourth-order valence-corrected chi connectivity index (χ4v) is 4.00. The molecular formula is C18H18Br2O. The van der Waals surface area contributed by atoms with Crippen LogP contribution in [0.15, 0.2) is 46.9 Å². The number of aryl methyl sites for hydroxylation is 1. The first kappa shape index (κ1) is 15.1. The van der Waals surface area contributed by atoms with E-state index in [1.165, 1.54) is 36.0 Å². The summed E-state index contributed by atoms with van der Waals surface area (Å²) in [5, 5.41) is 0.809. The van der Waals surface area contributed by atoms with Crippen LogP contribution in [0.5, 0.6) is 5.75 Å². The van der Waals surface area contributed by atoms with E-state index in [1.807, 2.05) is 12.1 Å². The van der Waals surface area contributed by atoms with Crippen LogP contribution in [-0.2, 0) is 11.8 Å². The number of halogens is 2. The zero-order valence-corrected chi connectivity index (χ0v) is 15.0. The topological polar surface area (TPSA) is 9.23 Å². The number of hydrogen-bond donors (Lipinski definition) is 0. The fraction of sp³-hybridized carbons (Fsp3) is 0.333. The summed E-state index contributed by atoms with van der Waals surface area (Å²) in [6.07, 6.45) is 3.67. The molecule has 0 saturated carbocycles. The number of ether oxygens (including phenoxy) is 1. The van der Waals surface area contributed by atoms with Crippen molar-refractivity contribution >= 4 is 31.9 Å². The zero-order chi connectivity index (χ0) is 14.7. The van der Waals surface area contributed by atoms with E-state index in [9.17, 15) is 0 Å². The Bertz CT molecular complexity index is 624. The third kappa shape index (κ3) is 3.35. The summed E-state index contributed by atoms with van der Waals surface area (Å²) in [6, 6.07) is 15.0. The van der Waals surface area contributed by atoms with Crippen LogP contribution in [0.2, 0.25) is 0 Å². The summed E-state index contributed by atoms with van der Waals surface area (Å²) in [6.45, 7) is 0.750. The molecule has 1 atom stereocenters. The van der Waals surface area contributed by atoms with Crippen molar-refractivity contribution in [2.45, 2.75) is 30.5 Å². The van der Waals surface area contributed by atoms with Crippen LogP contribution in [0, 0.1) is 0 Å². The lowest BCUT2D eigenvalue weighted by Crippen LogP contribution is -2.17. The summed E-state index contributed by atoms with van der Waals surface area (Å²) in [5.74, 6) is 1.47. The Hall–Kier alpha value is -0.800. The molecule has 0 bridgehead atoms. The van der Waals surface area contributed by atoms with Gasteiger partial charge < -0.3 is 4.74 Å². The van der Waals surface area contributed by atoms with Crippen molar-refractivity contribution in [2.24, 2.45) is 0 Å². The molecule has 0 amide bonds. The van der Waals surface area contributed by atoms with Crippen LogP contribution in [0.1, 0.15) is 35.4 Å². The number of benzene rings is 2. The first-order valence-corrected chi connectivity index (χ1v) is 9.25. The molecule has 0 saturated heterocycles. The molecule has 1 nitrogen and oxygen atoms in total. The van der Waals surface area contributed by atoms with Crippen LogP contribution in [0.3, 0.4) is 0 Å². The van der Waals surface area contributed by atoms with Crippen LogP contribution in [0.4, 0.5) is 0 Å². The Morgan fingerprint density at radius 2 is 1.95 bits per heavy atom. The Balaban J connectivity index is 1.78. The van der Waals surface area contributed by atoms with Crippen molar-refractivity contribution in [3.63, 3.8) is 0 Å². The van der Waals surface area contributed by atoms with Crippen molar-refractivity contribution in [2.75, 3.05) is 6.61 Å². The lowest BCUT2D eigenvalue weighted by atomic mass is 9.83. The van der Waals surface area contributed by atoms with E-state index in [4.69, 9.17) is 4.74 Å². The smallest absolute Gasteiger partial charge is 0.137 e. The van der Waals surface area contributed by atoms with E-state index in [2.05, 4.69) is 62.2 Å². The van der Waals surface area contributed by atoms with E-state index < -0.39 is 0 Å². The molecule has 0 aromatic heterocycles. The number of hydrogen-bond acceptors (Lipinski definition) is 1. The van der Waals surface area contributed by atoms with Crippen LogP contribution >= 0.6 is 31.9 Å². The highest BCUT2D eigenvalue weighted by Crippen LogP contribution is 2.35. The van der Waals surface area contributed by atoms with Gasteiger partial charge in [0.25, 0.3) is 0 Å². The quantitative estimate of drug-likeness (QED) is 0.576. The molecule has 1 aliphatic rings. The van der Waals surface area contributed by atoms with Gasteiger partial charge in [-0.1, -0.05) is 52.3 Å². The predicted octanol–water partition coefficient (Wildman–Crippen LogP) is 5.84. The summed E-state index contributed by atoms with van der Waals surface area (Å²) < 4.78 is 7.21. The molecule has 0 heterocycles. The Kier molecular flexibility index (Phi) is 5.02. The van der Waals surface area contributed by atoms with Gasteiger partial charge in [0.05, 0.1) is 11.1 Å². The van der Waals surface area contributed by atoms with Crippen LogP contribution < -0.4 is 4.74 Å². The molecule has 2 aromatic rings. The highest BCUT2D eigenvalue weighted by Gasteiger charge is 2.21. The lowest BCUT2D eigenvalue weighted by molar-refractivity contribution is 0.271. The molecule has 110 valence electrons. The minimum Gasteiger partial charge on any atom is -0.491 e. The normalized spacial score (nSPS) is 17.3. The van der Waals surface area contributed by atoms with Gasteiger partial charge in [-0.3, -0.25) is 0 Å². The largest absolute Gasteiger partial charge is 0.491 e. The molecule has 0 N–H and O–H groups in total. The van der Waals surface area contributed by atoms with Gasteiger partial charge in [0.15, 0.2) is 0 Å². The molecule has 21 heavy (non-hydrogen) atoms. The Morgan fingerprint density at radius 3 is 2.81 bits per heavy atom. The summed E-state index contributed by atoms with van der Waals surface area (Å²) in [7, 11) is 0. The van der Waals surface area contributed by atoms with Gasteiger partial charge in [-0.2, -0.15) is 0 Å². The number of para-hydroxylation sites is 1. The summed E-state index contributed by atoms with van der Waals surface area (Å²) >= 11 is 7.13. The van der Waals surface area contributed by atoms with Crippen molar-refractivity contribution < 1.29 is 4.74 Å². The third-order valence-corrected chi connectivity index (χ3v) is 5.34.